The molecule has 1 N–H and O–H groups in total. The molecule has 172 valence electrons. The van der Waals surface area contributed by atoms with Crippen LogP contribution in [0.2, 0.25) is 0 Å². The third-order valence-electron chi connectivity index (χ3n) is 8.18. The molecule has 4 nitrogen and oxygen atoms in total. The van der Waals surface area contributed by atoms with Gasteiger partial charge in [-0.2, -0.15) is 0 Å². The molecule has 32 heavy (non-hydrogen) atoms. The Morgan fingerprint density at radius 2 is 1.53 bits per heavy atom. The van der Waals surface area contributed by atoms with E-state index in [2.05, 4.69) is 28.1 Å². The minimum atomic E-state index is -0.915. The number of rotatable bonds is 8. The first-order valence-electron chi connectivity index (χ1n) is 12.2. The molecule has 6 rings (SSSR count). The van der Waals surface area contributed by atoms with Crippen LogP contribution in [0.1, 0.15) is 44.1 Å². The summed E-state index contributed by atoms with van der Waals surface area (Å²) in [6, 6.07) is 20.3. The van der Waals surface area contributed by atoms with Crippen molar-refractivity contribution in [1.29, 1.82) is 0 Å². The number of para-hydroxylation sites is 1. The van der Waals surface area contributed by atoms with Gasteiger partial charge in [0.2, 0.25) is 6.73 Å². The first-order valence-corrected chi connectivity index (χ1v) is 13.1. The van der Waals surface area contributed by atoms with E-state index in [9.17, 15) is 5.11 Å². The molecule has 4 aliphatic rings. The second-order valence-corrected chi connectivity index (χ2v) is 10.9. The molecule has 0 spiro atoms. The Hall–Kier alpha value is -1.40. The second kappa shape index (κ2) is 9.46. The van der Waals surface area contributed by atoms with E-state index in [-0.39, 0.29) is 17.0 Å². The average molecular weight is 501 g/mol. The van der Waals surface area contributed by atoms with Crippen LogP contribution in [0.15, 0.2) is 60.7 Å². The minimum absolute atomic E-state index is 0.0912. The summed E-state index contributed by atoms with van der Waals surface area (Å²) in [5.41, 5.74) is 0.0811. The number of nitrogens with zero attached hydrogens (tertiary/aromatic N) is 1. The fourth-order valence-electron chi connectivity index (χ4n) is 6.14. The van der Waals surface area contributed by atoms with Gasteiger partial charge in [0.25, 0.3) is 0 Å². The normalized spacial score (nSPS) is 32.0. The molecule has 2 aromatic carbocycles. The lowest BCUT2D eigenvalue weighted by molar-refractivity contribution is -0.967. The molecule has 2 aromatic rings. The second-order valence-electron chi connectivity index (χ2n) is 10.0. The van der Waals surface area contributed by atoms with Crippen LogP contribution in [0, 0.1) is 11.8 Å². The maximum Gasteiger partial charge on any atom is 0.224 e. The molecule has 0 amide bonds. The summed E-state index contributed by atoms with van der Waals surface area (Å²) < 4.78 is 13.8. The number of aliphatic hydroxyl groups is 1. The maximum atomic E-state index is 11.9. The van der Waals surface area contributed by atoms with Crippen LogP contribution in [-0.4, -0.2) is 47.1 Å². The third-order valence-corrected chi connectivity index (χ3v) is 9.57. The lowest BCUT2D eigenvalue weighted by Gasteiger charge is -2.55. The lowest BCUT2D eigenvalue weighted by atomic mass is 9.80. The number of fused-ring (bicyclic) bond motifs is 3. The van der Waals surface area contributed by atoms with Gasteiger partial charge in [-0.25, -0.2) is 0 Å². The average Bonchev–Trinajstić information content (AvgIpc) is 3.40. The molecule has 1 aliphatic carbocycles. The molecule has 3 aliphatic heterocycles. The van der Waals surface area contributed by atoms with Crippen molar-refractivity contribution in [3.05, 3.63) is 66.2 Å². The predicted molar refractivity (Wildman–Crippen MR) is 129 cm³/mol. The molecule has 3 atom stereocenters. The summed E-state index contributed by atoms with van der Waals surface area (Å²) in [5, 5.41) is 11.9. The quantitative estimate of drug-likeness (QED) is 0.297. The number of halogens is 1. The topological polar surface area (TPSA) is 38.7 Å². The molecular formula is C27H35BrNO3+. The fourth-order valence-corrected chi connectivity index (χ4v) is 7.25. The highest BCUT2D eigenvalue weighted by molar-refractivity contribution is 9.09. The number of alkyl halides is 1. The Morgan fingerprint density at radius 3 is 2.19 bits per heavy atom. The first kappa shape index (κ1) is 22.4. The predicted octanol–water partition coefficient (Wildman–Crippen LogP) is 5.45. The van der Waals surface area contributed by atoms with Crippen molar-refractivity contribution in [2.75, 3.05) is 26.4 Å². The van der Waals surface area contributed by atoms with E-state index < -0.39 is 5.60 Å². The summed E-state index contributed by atoms with van der Waals surface area (Å²) in [7, 11) is 0. The van der Waals surface area contributed by atoms with E-state index in [1.807, 2.05) is 48.5 Å². The zero-order chi connectivity index (χ0) is 22.0. The van der Waals surface area contributed by atoms with Crippen molar-refractivity contribution in [3.63, 3.8) is 0 Å². The Bertz CT molecular complexity index is 865. The van der Waals surface area contributed by atoms with Gasteiger partial charge in [0.15, 0.2) is 4.95 Å². The van der Waals surface area contributed by atoms with E-state index in [0.717, 1.165) is 54.6 Å². The van der Waals surface area contributed by atoms with E-state index in [1.165, 1.54) is 12.8 Å². The van der Waals surface area contributed by atoms with E-state index in [4.69, 9.17) is 9.47 Å². The molecule has 1 unspecified atom stereocenters. The van der Waals surface area contributed by atoms with Gasteiger partial charge in [-0.1, -0.05) is 61.4 Å². The van der Waals surface area contributed by atoms with Crippen molar-refractivity contribution in [2.24, 2.45) is 11.8 Å². The number of hydrogen-bond donors (Lipinski definition) is 1. The smallest absolute Gasteiger partial charge is 0.224 e. The largest absolute Gasteiger partial charge is 0.445 e. The van der Waals surface area contributed by atoms with Crippen LogP contribution in [0.4, 0.5) is 0 Å². The van der Waals surface area contributed by atoms with Gasteiger partial charge >= 0.3 is 0 Å². The summed E-state index contributed by atoms with van der Waals surface area (Å²) in [5.74, 6) is 1.73. The Morgan fingerprint density at radius 1 is 0.906 bits per heavy atom. The molecule has 1 saturated carbocycles. The van der Waals surface area contributed by atoms with Crippen LogP contribution in [0.5, 0.6) is 5.75 Å². The van der Waals surface area contributed by atoms with Crippen LogP contribution >= 0.6 is 15.9 Å². The summed E-state index contributed by atoms with van der Waals surface area (Å²) in [6.45, 7) is 3.24. The van der Waals surface area contributed by atoms with Gasteiger partial charge < -0.3 is 14.6 Å². The van der Waals surface area contributed by atoms with Gasteiger partial charge in [-0.3, -0.25) is 4.48 Å². The van der Waals surface area contributed by atoms with E-state index in [0.29, 0.717) is 19.3 Å². The zero-order valence-corrected chi connectivity index (χ0v) is 20.3. The van der Waals surface area contributed by atoms with Crippen molar-refractivity contribution in [3.8, 4) is 5.75 Å². The minimum Gasteiger partial charge on any atom is -0.445 e. The molecule has 3 heterocycles. The molecule has 2 bridgehead atoms. The van der Waals surface area contributed by atoms with Crippen molar-refractivity contribution >= 4 is 15.9 Å². The van der Waals surface area contributed by atoms with Crippen molar-refractivity contribution < 1.29 is 19.1 Å². The number of hydrogen-bond acceptors (Lipinski definition) is 3. The van der Waals surface area contributed by atoms with Gasteiger partial charge in [-0.15, -0.1) is 0 Å². The monoisotopic (exact) mass is 500 g/mol. The Labute approximate surface area is 200 Å². The van der Waals surface area contributed by atoms with Gasteiger partial charge in [0.1, 0.15) is 17.5 Å². The van der Waals surface area contributed by atoms with E-state index >= 15 is 0 Å². The zero-order valence-electron chi connectivity index (χ0n) is 18.7. The van der Waals surface area contributed by atoms with Crippen LogP contribution in [-0.2, 0) is 10.3 Å². The number of piperidine rings is 3. The maximum absolute atomic E-state index is 11.9. The van der Waals surface area contributed by atoms with Gasteiger partial charge in [0.05, 0.1) is 19.7 Å². The standard InChI is InChI=1S/C27H35BrNO3/c28-26-25(21-15-17-29(26,18-16-21)20-32-24-13-5-2-6-14-24)31-19-27(30,23-11-7-8-12-23)22-9-3-1-4-10-22/h1-6,9-10,13-14,21,23,25-26,30H,7-8,11-12,15-20H2/q+1/t21?,25-,26+,27?,29?/m1/s1. The SMILES string of the molecule is OC(CO[C@@H]1C2CC[N+](COc3ccccc3)(CC2)[C@@H]1Br)(c1ccccc1)C1CCCC1. The lowest BCUT2D eigenvalue weighted by Crippen LogP contribution is -2.69. The van der Waals surface area contributed by atoms with Crippen LogP contribution in [0.3, 0.4) is 0 Å². The van der Waals surface area contributed by atoms with Gasteiger partial charge in [-0.05, 0) is 52.4 Å². The summed E-state index contributed by atoms with van der Waals surface area (Å²) in [6.07, 6.45) is 6.94. The highest BCUT2D eigenvalue weighted by atomic mass is 79.9. The molecule has 4 fully saturated rings. The third kappa shape index (κ3) is 4.25. The van der Waals surface area contributed by atoms with Crippen LogP contribution in [0.25, 0.3) is 0 Å². The number of quaternary nitrogens is 1. The van der Waals surface area contributed by atoms with E-state index in [1.54, 1.807) is 0 Å². The van der Waals surface area contributed by atoms with Crippen molar-refractivity contribution in [1.82, 2.24) is 0 Å². The highest BCUT2D eigenvalue weighted by Gasteiger charge is 2.54. The molecular weight excluding hydrogens is 466 g/mol. The summed E-state index contributed by atoms with van der Waals surface area (Å²) in [4.78, 5) is 0.183. The fraction of sp³-hybridized carbons (Fsp3) is 0.556. The Kier molecular flexibility index (Phi) is 6.62. The Balaban J connectivity index is 1.31. The number of ether oxygens (including phenoxy) is 2. The highest BCUT2D eigenvalue weighted by Crippen LogP contribution is 2.45. The van der Waals surface area contributed by atoms with Crippen molar-refractivity contribution in [2.45, 2.75) is 55.2 Å². The summed E-state index contributed by atoms with van der Waals surface area (Å²) >= 11 is 4.04. The molecule has 5 heteroatoms. The molecule has 0 aromatic heterocycles. The van der Waals surface area contributed by atoms with Gasteiger partial charge in [0, 0.05) is 18.8 Å². The first-order chi connectivity index (χ1) is 15.6. The molecule has 3 saturated heterocycles. The molecule has 0 radical (unpaired) electrons. The van der Waals surface area contributed by atoms with Crippen LogP contribution < -0.4 is 4.74 Å². The number of benzene rings is 2.